The highest BCUT2D eigenvalue weighted by molar-refractivity contribution is 8.15. The maximum absolute atomic E-state index is 11.9. The van der Waals surface area contributed by atoms with Gasteiger partial charge in [-0.25, -0.2) is 0 Å². The van der Waals surface area contributed by atoms with E-state index in [0.29, 0.717) is 23.7 Å². The molecule has 0 radical (unpaired) electrons. The van der Waals surface area contributed by atoms with Crippen molar-refractivity contribution in [1.82, 2.24) is 0 Å². The molecule has 3 atom stereocenters. The SMILES string of the molecule is C.Cc1c(C)c2c(c(C)c1O)CCC(C)(CCc1ccc(CC3SC(=O)CC3=O)cc1)O2.Cc1c(O)c(C(C)(C)C)cc2c1CCC(C)O2.Cc1cccc(C(C)(C)C)c1O. The van der Waals surface area contributed by atoms with Crippen LogP contribution in [0.15, 0.2) is 48.5 Å². The normalized spacial score (nSPS) is 19.5. The lowest BCUT2D eigenvalue weighted by molar-refractivity contribution is -0.121. The van der Waals surface area contributed by atoms with Crippen LogP contribution in [0.3, 0.4) is 0 Å². The van der Waals surface area contributed by atoms with Crippen LogP contribution in [0.25, 0.3) is 0 Å². The van der Waals surface area contributed by atoms with E-state index in [1.807, 2.05) is 58.9 Å². The zero-order valence-corrected chi connectivity index (χ0v) is 39.1. The van der Waals surface area contributed by atoms with Crippen LogP contribution in [0.5, 0.6) is 28.7 Å². The molecule has 3 unspecified atom stereocenters. The number of rotatable bonds is 5. The Morgan fingerprint density at radius 2 is 1.36 bits per heavy atom. The Bertz CT molecular complexity index is 2220. The zero-order chi connectivity index (χ0) is 44.5. The van der Waals surface area contributed by atoms with Gasteiger partial charge in [0.1, 0.15) is 34.3 Å². The Morgan fingerprint density at radius 1 is 0.754 bits per heavy atom. The van der Waals surface area contributed by atoms with Crippen LogP contribution in [0, 0.1) is 34.6 Å². The second-order valence-corrected chi connectivity index (χ2v) is 20.8. The van der Waals surface area contributed by atoms with Gasteiger partial charge in [0.15, 0.2) is 10.9 Å². The highest BCUT2D eigenvalue weighted by Gasteiger charge is 2.35. The number of thioether (sulfide) groups is 1. The third-order valence-corrected chi connectivity index (χ3v) is 13.7. The molecule has 4 aromatic rings. The van der Waals surface area contributed by atoms with Gasteiger partial charge in [-0.1, -0.05) is 103 Å². The summed E-state index contributed by atoms with van der Waals surface area (Å²) in [6.07, 6.45) is 6.67. The second kappa shape index (κ2) is 19.3. The Morgan fingerprint density at radius 3 is 1.93 bits per heavy atom. The minimum Gasteiger partial charge on any atom is -0.507 e. The molecule has 332 valence electrons. The molecule has 0 spiro atoms. The molecule has 3 heterocycles. The number of aromatic hydroxyl groups is 3. The number of ether oxygens (including phenoxy) is 2. The molecule has 7 nitrogen and oxygen atoms in total. The van der Waals surface area contributed by atoms with Gasteiger partial charge in [0, 0.05) is 16.7 Å². The van der Waals surface area contributed by atoms with E-state index < -0.39 is 0 Å². The Hall–Kier alpha value is -4.43. The number of fused-ring (bicyclic) bond motifs is 2. The van der Waals surface area contributed by atoms with Crippen molar-refractivity contribution in [3.05, 3.63) is 110 Å². The largest absolute Gasteiger partial charge is 0.507 e. The first-order valence-corrected chi connectivity index (χ1v) is 22.4. The first kappa shape index (κ1) is 49.2. The molecule has 0 saturated carbocycles. The van der Waals surface area contributed by atoms with Gasteiger partial charge >= 0.3 is 0 Å². The summed E-state index contributed by atoms with van der Waals surface area (Å²) in [6, 6.07) is 16.3. The van der Waals surface area contributed by atoms with Gasteiger partial charge in [0.05, 0.1) is 17.8 Å². The van der Waals surface area contributed by atoms with Crippen LogP contribution >= 0.6 is 11.8 Å². The van der Waals surface area contributed by atoms with E-state index in [1.54, 1.807) is 0 Å². The van der Waals surface area contributed by atoms with Gasteiger partial charge < -0.3 is 24.8 Å². The number of carbonyl (C=O) groups is 2. The van der Waals surface area contributed by atoms with Gasteiger partial charge in [-0.05, 0) is 155 Å². The molecular formula is C53H72O7S. The summed E-state index contributed by atoms with van der Waals surface area (Å²) >= 11 is 1.18. The van der Waals surface area contributed by atoms with Crippen LogP contribution in [0.1, 0.15) is 150 Å². The van der Waals surface area contributed by atoms with Crippen LogP contribution in [-0.2, 0) is 46.1 Å². The summed E-state index contributed by atoms with van der Waals surface area (Å²) in [5.41, 5.74) is 11.2. The predicted molar refractivity (Wildman–Crippen MR) is 252 cm³/mol. The fraction of sp³-hybridized carbons (Fsp3) is 0.509. The maximum atomic E-state index is 11.9. The number of aryl methyl sites for hydroxylation is 2. The number of phenols is 3. The molecule has 8 heteroatoms. The van der Waals surface area contributed by atoms with Crippen molar-refractivity contribution in [3.63, 3.8) is 0 Å². The Balaban J connectivity index is 0.000000229. The van der Waals surface area contributed by atoms with Crippen LogP contribution in [-0.4, -0.2) is 43.2 Å². The summed E-state index contributed by atoms with van der Waals surface area (Å²) in [7, 11) is 0. The molecule has 7 rings (SSSR count). The molecule has 0 aliphatic carbocycles. The van der Waals surface area contributed by atoms with Crippen LogP contribution < -0.4 is 9.47 Å². The number of carbonyl (C=O) groups excluding carboxylic acids is 2. The number of hydrogen-bond donors (Lipinski definition) is 3. The summed E-state index contributed by atoms with van der Waals surface area (Å²) < 4.78 is 12.4. The molecule has 61 heavy (non-hydrogen) atoms. The lowest BCUT2D eigenvalue weighted by atomic mass is 9.83. The van der Waals surface area contributed by atoms with E-state index in [2.05, 4.69) is 79.7 Å². The lowest BCUT2D eigenvalue weighted by Gasteiger charge is -2.38. The second-order valence-electron chi connectivity index (χ2n) is 19.5. The van der Waals surface area contributed by atoms with Gasteiger partial charge in [0.25, 0.3) is 0 Å². The molecular weight excluding hydrogens is 781 g/mol. The van der Waals surface area contributed by atoms with E-state index in [4.69, 9.17) is 9.47 Å². The molecule has 0 aromatic heterocycles. The van der Waals surface area contributed by atoms with Crippen molar-refractivity contribution in [2.75, 3.05) is 0 Å². The standard InChI is InChI=1S/C26H30O4S.C15H22O2.C11H16O.CH4/c1-15-16(2)25-20(17(3)24(15)29)10-12-26(4,30-25)11-9-18-5-7-19(8-6-18)13-22-21(27)14-23(28)31-22;1-9-6-7-11-10(2)14(16)12(15(3,4)5)8-13(11)17-9;1-8-6-5-7-9(10(8)12)11(2,3)4;/h5-8,22,29H,9-14H2,1-4H3;8-9,16H,6-7H2,1-5H3;5-7,12H,1-4H3;1H4. The fourth-order valence-corrected chi connectivity index (χ4v) is 9.34. The summed E-state index contributed by atoms with van der Waals surface area (Å²) in [4.78, 5) is 23.3. The smallest absolute Gasteiger partial charge is 0.197 e. The molecule has 1 saturated heterocycles. The number of hydrogen-bond acceptors (Lipinski definition) is 8. The van der Waals surface area contributed by atoms with Gasteiger partial charge in [-0.15, -0.1) is 0 Å². The minimum absolute atomic E-state index is 0. The minimum atomic E-state index is -0.237. The van der Waals surface area contributed by atoms with Crippen molar-refractivity contribution in [1.29, 1.82) is 0 Å². The number of benzene rings is 4. The number of para-hydroxylation sites is 1. The van der Waals surface area contributed by atoms with Crippen molar-refractivity contribution >= 4 is 22.7 Å². The van der Waals surface area contributed by atoms with Crippen molar-refractivity contribution in [2.45, 2.75) is 177 Å². The summed E-state index contributed by atoms with van der Waals surface area (Å²) in [6.45, 7) is 26.8. The number of Topliss-reactive ketones (excluding diaryl/α,β-unsaturated/α-hetero) is 1. The van der Waals surface area contributed by atoms with E-state index in [-0.39, 0.29) is 52.5 Å². The fourth-order valence-electron chi connectivity index (χ4n) is 8.30. The molecule has 0 amide bonds. The highest BCUT2D eigenvalue weighted by Crippen LogP contribution is 2.45. The van der Waals surface area contributed by atoms with Crippen molar-refractivity contribution in [3.8, 4) is 28.7 Å². The Labute approximate surface area is 370 Å². The highest BCUT2D eigenvalue weighted by atomic mass is 32.2. The third-order valence-electron chi connectivity index (χ3n) is 12.5. The first-order valence-electron chi connectivity index (χ1n) is 21.5. The van der Waals surface area contributed by atoms with E-state index in [9.17, 15) is 24.9 Å². The average molecular weight is 853 g/mol. The van der Waals surface area contributed by atoms with E-state index in [1.165, 1.54) is 22.9 Å². The van der Waals surface area contributed by atoms with Crippen LogP contribution in [0.4, 0.5) is 0 Å². The maximum Gasteiger partial charge on any atom is 0.197 e. The lowest BCUT2D eigenvalue weighted by Crippen LogP contribution is -2.37. The molecule has 3 N–H and O–H groups in total. The van der Waals surface area contributed by atoms with Gasteiger partial charge in [-0.2, -0.15) is 0 Å². The topological polar surface area (TPSA) is 113 Å². The van der Waals surface area contributed by atoms with Gasteiger partial charge in [0.2, 0.25) is 0 Å². The Kier molecular flexibility index (Phi) is 15.6. The van der Waals surface area contributed by atoms with E-state index >= 15 is 0 Å². The molecule has 3 aliphatic rings. The monoisotopic (exact) mass is 852 g/mol. The zero-order valence-electron chi connectivity index (χ0n) is 38.3. The van der Waals surface area contributed by atoms with E-state index in [0.717, 1.165) is 100 Å². The molecule has 1 fully saturated rings. The van der Waals surface area contributed by atoms with Crippen molar-refractivity contribution in [2.24, 2.45) is 0 Å². The third kappa shape index (κ3) is 11.5. The quantitative estimate of drug-likeness (QED) is 0.170. The molecule has 0 bridgehead atoms. The summed E-state index contributed by atoms with van der Waals surface area (Å²) in [5, 5.41) is 30.2. The summed E-state index contributed by atoms with van der Waals surface area (Å²) in [5.74, 6) is 3.23. The molecule has 4 aromatic carbocycles. The number of ketones is 1. The van der Waals surface area contributed by atoms with Gasteiger partial charge in [-0.3, -0.25) is 9.59 Å². The molecule has 3 aliphatic heterocycles. The first-order chi connectivity index (χ1) is 27.9. The van der Waals surface area contributed by atoms with Crippen molar-refractivity contribution < 1.29 is 34.4 Å². The number of phenolic OH excluding ortho intramolecular Hbond substituents is 3. The van der Waals surface area contributed by atoms with Crippen LogP contribution in [0.2, 0.25) is 0 Å². The predicted octanol–water partition coefficient (Wildman–Crippen LogP) is 12.5. The average Bonchev–Trinajstić information content (AvgIpc) is 3.50.